The van der Waals surface area contributed by atoms with Crippen molar-refractivity contribution in [2.24, 2.45) is 5.14 Å². The molecule has 5 nitrogen and oxygen atoms in total. The van der Waals surface area contributed by atoms with E-state index in [1.807, 2.05) is 60.7 Å². The number of carbonyl (C=O) groups excluding carboxylic acids is 1. The number of carbonyl (C=O) groups is 1. The van der Waals surface area contributed by atoms with Gasteiger partial charge in [-0.05, 0) is 63.3 Å². The highest BCUT2D eigenvalue weighted by Gasteiger charge is 2.26. The van der Waals surface area contributed by atoms with Crippen molar-refractivity contribution < 1.29 is 17.4 Å². The van der Waals surface area contributed by atoms with Crippen molar-refractivity contribution in [3.63, 3.8) is 0 Å². The van der Waals surface area contributed by atoms with Gasteiger partial charge in [0.15, 0.2) is 11.5 Å². The minimum atomic E-state index is -4.40. The molecule has 214 valence electrons. The average molecular weight is 570 g/mol. The first-order chi connectivity index (χ1) is 19.4. The van der Waals surface area contributed by atoms with E-state index in [1.54, 1.807) is 12.1 Å². The van der Waals surface area contributed by atoms with E-state index in [0.717, 1.165) is 22.3 Å². The molecule has 6 heteroatoms. The summed E-state index contributed by atoms with van der Waals surface area (Å²) in [6.45, 7) is 13.0. The number of rotatable bonds is 10. The van der Waals surface area contributed by atoms with Crippen LogP contribution in [0.2, 0.25) is 0 Å². The van der Waals surface area contributed by atoms with Gasteiger partial charge in [0.25, 0.3) is 0 Å². The second kappa shape index (κ2) is 12.4. The second-order valence-corrected chi connectivity index (χ2v) is 12.6. The molecule has 0 bridgehead atoms. The van der Waals surface area contributed by atoms with Crippen LogP contribution in [0.4, 0.5) is 0 Å². The fraction of sp³-hybridized carbons (Fsp3) is 0.286. The van der Waals surface area contributed by atoms with E-state index in [9.17, 15) is 13.2 Å². The molecule has 0 aromatic heterocycles. The molecule has 0 unspecified atom stereocenters. The van der Waals surface area contributed by atoms with Gasteiger partial charge in [-0.1, -0.05) is 114 Å². The summed E-state index contributed by atoms with van der Waals surface area (Å²) in [6.07, 6.45) is 0.179. The normalized spacial score (nSPS) is 11.9. The molecule has 4 rings (SSSR count). The zero-order valence-electron chi connectivity index (χ0n) is 24.6. The van der Waals surface area contributed by atoms with E-state index in [4.69, 9.17) is 9.32 Å². The summed E-state index contributed by atoms with van der Waals surface area (Å²) >= 11 is 0. The highest BCUT2D eigenvalue weighted by molar-refractivity contribution is 7.84. The molecule has 0 aliphatic carbocycles. The van der Waals surface area contributed by atoms with Crippen molar-refractivity contribution >= 4 is 16.1 Å². The van der Waals surface area contributed by atoms with E-state index in [0.29, 0.717) is 28.2 Å². The molecule has 0 amide bonds. The number of hydrogen-bond donors (Lipinski definition) is 1. The molecule has 0 spiro atoms. The third-order valence-electron chi connectivity index (χ3n) is 7.39. The van der Waals surface area contributed by atoms with Gasteiger partial charge in [0.1, 0.15) is 0 Å². The fourth-order valence-electron chi connectivity index (χ4n) is 5.32. The number of ketones is 1. The van der Waals surface area contributed by atoms with Crippen LogP contribution in [0.5, 0.6) is 5.75 Å². The quantitative estimate of drug-likeness (QED) is 0.194. The van der Waals surface area contributed by atoms with Gasteiger partial charge in [0.05, 0.1) is 0 Å². The van der Waals surface area contributed by atoms with Crippen molar-refractivity contribution in [2.45, 2.75) is 65.7 Å². The lowest BCUT2D eigenvalue weighted by molar-refractivity contribution is 0.0992. The maximum Gasteiger partial charge on any atom is 0.380 e. The van der Waals surface area contributed by atoms with Crippen LogP contribution >= 0.6 is 0 Å². The van der Waals surface area contributed by atoms with E-state index in [2.05, 4.69) is 53.7 Å². The lowest BCUT2D eigenvalue weighted by Gasteiger charge is -2.23. The zero-order valence-corrected chi connectivity index (χ0v) is 25.5. The smallest absolute Gasteiger partial charge is 0.370 e. The number of hydrogen-bond acceptors (Lipinski definition) is 4. The van der Waals surface area contributed by atoms with Crippen LogP contribution in [0.1, 0.15) is 91.9 Å². The number of benzene rings is 4. The minimum absolute atomic E-state index is 0.0408. The lowest BCUT2D eigenvalue weighted by atomic mass is 9.81. The Bertz CT molecular complexity index is 1610. The predicted octanol–water partition coefficient (Wildman–Crippen LogP) is 8.40. The summed E-state index contributed by atoms with van der Waals surface area (Å²) in [7, 11) is -4.40. The van der Waals surface area contributed by atoms with Crippen LogP contribution in [0, 0.1) is 0 Å². The summed E-state index contributed by atoms with van der Waals surface area (Å²) in [5, 5.41) is 5.42. The Labute approximate surface area is 244 Å². The third kappa shape index (κ3) is 6.95. The standard InChI is InChI=1S/C35H39NO4S/c1-22(2)27-19-30(23(3)4)32(31(20-27)24(5)6)21-33(37)29-18-17-28(25-13-9-7-10-14-25)35(40-41(36,38)39)34(29)26-15-11-8-12-16-26/h7-20,22-24H,21H2,1-6H3,(H2,36,38,39). The number of Topliss-reactive ketones (excluding diaryl/α,β-unsaturated/α-hetero) is 1. The van der Waals surface area contributed by atoms with Gasteiger partial charge in [0.2, 0.25) is 0 Å². The number of nitrogens with two attached hydrogens (primary N) is 1. The van der Waals surface area contributed by atoms with E-state index in [1.165, 1.54) is 5.56 Å². The van der Waals surface area contributed by atoms with Gasteiger partial charge in [0, 0.05) is 23.1 Å². The second-order valence-electron chi connectivity index (χ2n) is 11.4. The van der Waals surface area contributed by atoms with E-state index < -0.39 is 10.3 Å². The van der Waals surface area contributed by atoms with Crippen LogP contribution in [-0.4, -0.2) is 14.2 Å². The maximum absolute atomic E-state index is 14.3. The molecule has 4 aromatic carbocycles. The van der Waals surface area contributed by atoms with Crippen LogP contribution in [-0.2, 0) is 16.7 Å². The van der Waals surface area contributed by atoms with Gasteiger partial charge < -0.3 is 4.18 Å². The third-order valence-corrected chi connectivity index (χ3v) is 7.79. The zero-order chi connectivity index (χ0) is 29.9. The molecule has 0 aliphatic rings. The molecule has 4 aromatic rings. The molecule has 0 fully saturated rings. The monoisotopic (exact) mass is 569 g/mol. The molecular weight excluding hydrogens is 530 g/mol. The van der Waals surface area contributed by atoms with Crippen molar-refractivity contribution in [2.75, 3.05) is 0 Å². The van der Waals surface area contributed by atoms with Gasteiger partial charge >= 0.3 is 10.3 Å². The Hall–Kier alpha value is -3.74. The first kappa shape index (κ1) is 30.2. The first-order valence-corrected chi connectivity index (χ1v) is 15.5. The Kier molecular flexibility index (Phi) is 9.15. The molecule has 0 saturated carbocycles. The Morgan fingerprint density at radius 3 is 1.71 bits per heavy atom. The van der Waals surface area contributed by atoms with E-state index in [-0.39, 0.29) is 29.8 Å². The molecule has 0 atom stereocenters. The highest BCUT2D eigenvalue weighted by Crippen LogP contribution is 2.43. The topological polar surface area (TPSA) is 86.5 Å². The predicted molar refractivity (Wildman–Crippen MR) is 168 cm³/mol. The molecule has 0 aliphatic heterocycles. The fourth-order valence-corrected chi connectivity index (χ4v) is 5.72. The maximum atomic E-state index is 14.3. The van der Waals surface area contributed by atoms with Gasteiger partial charge in [-0.2, -0.15) is 13.6 Å². The van der Waals surface area contributed by atoms with Gasteiger partial charge in [-0.3, -0.25) is 4.79 Å². The van der Waals surface area contributed by atoms with Crippen LogP contribution in [0.3, 0.4) is 0 Å². The summed E-state index contributed by atoms with van der Waals surface area (Å²) < 4.78 is 30.2. The van der Waals surface area contributed by atoms with Crippen LogP contribution in [0.15, 0.2) is 84.9 Å². The van der Waals surface area contributed by atoms with E-state index >= 15 is 0 Å². The average Bonchev–Trinajstić information content (AvgIpc) is 2.92. The molecular formula is C35H39NO4S. The molecule has 41 heavy (non-hydrogen) atoms. The molecule has 0 heterocycles. The Morgan fingerprint density at radius 1 is 0.732 bits per heavy atom. The molecule has 0 saturated heterocycles. The van der Waals surface area contributed by atoms with Gasteiger partial charge in [-0.15, -0.1) is 0 Å². The Morgan fingerprint density at radius 2 is 1.24 bits per heavy atom. The minimum Gasteiger partial charge on any atom is -0.370 e. The van der Waals surface area contributed by atoms with Crippen molar-refractivity contribution in [3.8, 4) is 28.0 Å². The van der Waals surface area contributed by atoms with Crippen molar-refractivity contribution in [3.05, 3.63) is 113 Å². The molecule has 2 N–H and O–H groups in total. The summed E-state index contributed by atoms with van der Waals surface area (Å²) in [5.41, 5.74) is 7.34. The highest BCUT2D eigenvalue weighted by atomic mass is 32.2. The van der Waals surface area contributed by atoms with Crippen molar-refractivity contribution in [1.82, 2.24) is 0 Å². The summed E-state index contributed by atoms with van der Waals surface area (Å²) in [5.74, 6) is 0.736. The summed E-state index contributed by atoms with van der Waals surface area (Å²) in [6, 6.07) is 26.5. The van der Waals surface area contributed by atoms with Crippen molar-refractivity contribution in [1.29, 1.82) is 0 Å². The van der Waals surface area contributed by atoms with Crippen LogP contribution in [0.25, 0.3) is 22.3 Å². The largest absolute Gasteiger partial charge is 0.380 e. The first-order valence-electron chi connectivity index (χ1n) is 14.1. The van der Waals surface area contributed by atoms with Crippen LogP contribution < -0.4 is 9.32 Å². The summed E-state index contributed by atoms with van der Waals surface area (Å²) in [4.78, 5) is 14.3. The Balaban J connectivity index is 1.97. The molecule has 0 radical (unpaired) electrons. The van der Waals surface area contributed by atoms with Gasteiger partial charge in [-0.25, -0.2) is 0 Å². The SMILES string of the molecule is CC(C)c1cc(C(C)C)c(CC(=O)c2ccc(-c3ccccc3)c(OS(N)(=O)=O)c2-c2ccccc2)c(C(C)C)c1. The lowest BCUT2D eigenvalue weighted by Crippen LogP contribution is -2.20.